The van der Waals surface area contributed by atoms with Crippen molar-refractivity contribution in [1.29, 1.82) is 0 Å². The van der Waals surface area contributed by atoms with E-state index >= 15 is 0 Å². The van der Waals surface area contributed by atoms with Crippen molar-refractivity contribution in [2.24, 2.45) is 5.92 Å². The van der Waals surface area contributed by atoms with E-state index in [0.717, 1.165) is 0 Å². The Balaban J connectivity index is 1.72. The van der Waals surface area contributed by atoms with E-state index in [2.05, 4.69) is 4.74 Å². The van der Waals surface area contributed by atoms with E-state index in [-0.39, 0.29) is 11.7 Å². The van der Waals surface area contributed by atoms with Crippen molar-refractivity contribution in [1.82, 2.24) is 4.90 Å². The molecule has 1 aromatic carbocycles. The van der Waals surface area contributed by atoms with Gasteiger partial charge in [0.1, 0.15) is 18.1 Å². The topological polar surface area (TPSA) is 59.0 Å². The summed E-state index contributed by atoms with van der Waals surface area (Å²) < 4.78 is 45.2. The van der Waals surface area contributed by atoms with Crippen molar-refractivity contribution in [2.45, 2.75) is 12.8 Å². The molecule has 0 aliphatic carbocycles. The fraction of sp³-hybridized carbons (Fsp3) is 0.500. The highest BCUT2D eigenvalue weighted by Gasteiger charge is 2.31. The molecule has 0 aromatic heterocycles. The van der Waals surface area contributed by atoms with Crippen LogP contribution in [0.15, 0.2) is 24.3 Å². The first kappa shape index (κ1) is 16.4. The molecule has 1 unspecified atom stereocenters. The smallest absolute Gasteiger partial charge is 0.492 e. The quantitative estimate of drug-likeness (QED) is 0.872. The van der Waals surface area contributed by atoms with Gasteiger partial charge in [0.05, 0.1) is 5.92 Å². The van der Waals surface area contributed by atoms with Crippen LogP contribution in [-0.4, -0.2) is 48.6 Å². The van der Waals surface area contributed by atoms with Crippen LogP contribution in [0.1, 0.15) is 6.42 Å². The van der Waals surface area contributed by atoms with Crippen LogP contribution in [-0.2, 0) is 4.79 Å². The van der Waals surface area contributed by atoms with Crippen LogP contribution >= 0.6 is 0 Å². The zero-order chi connectivity index (χ0) is 16.2. The molecule has 1 aliphatic rings. The average molecular weight is 319 g/mol. The Morgan fingerprint density at radius 2 is 1.91 bits per heavy atom. The highest BCUT2D eigenvalue weighted by molar-refractivity contribution is 5.70. The molecule has 1 N–H and O–H groups in total. The Morgan fingerprint density at radius 1 is 1.27 bits per heavy atom. The van der Waals surface area contributed by atoms with Gasteiger partial charge in [-0.3, -0.25) is 9.69 Å². The molecular formula is C14H16F3NO4. The maximum Gasteiger partial charge on any atom is 0.573 e. The SMILES string of the molecule is O=C(O)C1CCN(CCOc2ccc(OC(F)(F)F)cc2)C1. The Labute approximate surface area is 125 Å². The van der Waals surface area contributed by atoms with Crippen LogP contribution in [0.3, 0.4) is 0 Å². The summed E-state index contributed by atoms with van der Waals surface area (Å²) in [6, 6.07) is 5.15. The molecule has 1 heterocycles. The third-order valence-corrected chi connectivity index (χ3v) is 3.36. The molecule has 1 aliphatic heterocycles. The number of hydrogen-bond donors (Lipinski definition) is 1. The first-order valence-corrected chi connectivity index (χ1v) is 6.77. The number of rotatable bonds is 6. The van der Waals surface area contributed by atoms with E-state index in [9.17, 15) is 18.0 Å². The number of aliphatic carboxylic acids is 1. The number of likely N-dealkylation sites (tertiary alicyclic amines) is 1. The summed E-state index contributed by atoms with van der Waals surface area (Å²) in [5, 5.41) is 8.89. The zero-order valence-electron chi connectivity index (χ0n) is 11.7. The fourth-order valence-electron chi connectivity index (χ4n) is 2.27. The van der Waals surface area contributed by atoms with Crippen LogP contribution < -0.4 is 9.47 Å². The van der Waals surface area contributed by atoms with Gasteiger partial charge in [-0.05, 0) is 37.2 Å². The van der Waals surface area contributed by atoms with E-state index in [1.807, 2.05) is 4.90 Å². The number of carboxylic acids is 1. The van der Waals surface area contributed by atoms with Gasteiger partial charge in [0.25, 0.3) is 0 Å². The molecule has 0 saturated carbocycles. The Morgan fingerprint density at radius 3 is 2.45 bits per heavy atom. The molecule has 122 valence electrons. The summed E-state index contributed by atoms with van der Waals surface area (Å²) in [7, 11) is 0. The van der Waals surface area contributed by atoms with Gasteiger partial charge in [-0.2, -0.15) is 0 Å². The second-order valence-electron chi connectivity index (χ2n) is 4.99. The normalized spacial score (nSPS) is 19.1. The first-order chi connectivity index (χ1) is 10.3. The maximum absolute atomic E-state index is 12.0. The van der Waals surface area contributed by atoms with E-state index in [4.69, 9.17) is 9.84 Å². The number of ether oxygens (including phenoxy) is 2. The molecule has 1 aromatic rings. The summed E-state index contributed by atoms with van der Waals surface area (Å²) in [6.45, 7) is 2.12. The lowest BCUT2D eigenvalue weighted by atomic mass is 10.1. The van der Waals surface area contributed by atoms with Gasteiger partial charge in [-0.1, -0.05) is 0 Å². The summed E-state index contributed by atoms with van der Waals surface area (Å²) in [5.74, 6) is -0.991. The number of carbonyl (C=O) groups is 1. The summed E-state index contributed by atoms with van der Waals surface area (Å²) in [4.78, 5) is 12.8. The lowest BCUT2D eigenvalue weighted by molar-refractivity contribution is -0.274. The second kappa shape index (κ2) is 6.87. The molecule has 0 spiro atoms. The van der Waals surface area contributed by atoms with Crippen LogP contribution in [0.25, 0.3) is 0 Å². The van der Waals surface area contributed by atoms with Crippen molar-refractivity contribution >= 4 is 5.97 Å². The minimum atomic E-state index is -4.71. The molecule has 0 radical (unpaired) electrons. The van der Waals surface area contributed by atoms with Gasteiger partial charge in [-0.15, -0.1) is 13.2 Å². The summed E-state index contributed by atoms with van der Waals surface area (Å²) in [5.41, 5.74) is 0. The third kappa shape index (κ3) is 5.10. The van der Waals surface area contributed by atoms with E-state index in [1.165, 1.54) is 24.3 Å². The highest BCUT2D eigenvalue weighted by atomic mass is 19.4. The van der Waals surface area contributed by atoms with E-state index in [0.29, 0.717) is 38.4 Å². The zero-order valence-corrected chi connectivity index (χ0v) is 11.7. The minimum absolute atomic E-state index is 0.302. The number of carboxylic acid groups (broad SMARTS) is 1. The number of hydrogen-bond acceptors (Lipinski definition) is 4. The molecular weight excluding hydrogens is 303 g/mol. The molecule has 1 saturated heterocycles. The van der Waals surface area contributed by atoms with Gasteiger partial charge in [0.15, 0.2) is 0 Å². The van der Waals surface area contributed by atoms with Crippen LogP contribution in [0.4, 0.5) is 13.2 Å². The molecule has 8 heteroatoms. The van der Waals surface area contributed by atoms with Crippen molar-refractivity contribution in [3.63, 3.8) is 0 Å². The number of nitrogens with zero attached hydrogens (tertiary/aromatic N) is 1. The summed E-state index contributed by atoms with van der Waals surface area (Å²) in [6.07, 6.45) is -4.09. The Kier molecular flexibility index (Phi) is 5.12. The van der Waals surface area contributed by atoms with E-state index < -0.39 is 12.3 Å². The van der Waals surface area contributed by atoms with Crippen molar-refractivity contribution in [2.75, 3.05) is 26.2 Å². The van der Waals surface area contributed by atoms with Gasteiger partial charge >= 0.3 is 12.3 Å². The summed E-state index contributed by atoms with van der Waals surface area (Å²) >= 11 is 0. The standard InChI is InChI=1S/C14H16F3NO4/c15-14(16,17)22-12-3-1-11(2-4-12)21-8-7-18-6-5-10(9-18)13(19)20/h1-4,10H,5-9H2,(H,19,20). The number of alkyl halides is 3. The molecule has 5 nitrogen and oxygen atoms in total. The van der Waals surface area contributed by atoms with Gasteiger partial charge < -0.3 is 14.6 Å². The molecule has 0 amide bonds. The van der Waals surface area contributed by atoms with E-state index in [1.54, 1.807) is 0 Å². The Bertz CT molecular complexity index is 504. The van der Waals surface area contributed by atoms with Crippen molar-refractivity contribution < 1.29 is 32.5 Å². The fourth-order valence-corrected chi connectivity index (χ4v) is 2.27. The number of halogens is 3. The largest absolute Gasteiger partial charge is 0.573 e. The highest BCUT2D eigenvalue weighted by Crippen LogP contribution is 2.24. The van der Waals surface area contributed by atoms with Gasteiger partial charge in [0.2, 0.25) is 0 Å². The monoisotopic (exact) mass is 319 g/mol. The number of benzene rings is 1. The van der Waals surface area contributed by atoms with Crippen LogP contribution in [0.5, 0.6) is 11.5 Å². The average Bonchev–Trinajstić information content (AvgIpc) is 2.88. The third-order valence-electron chi connectivity index (χ3n) is 3.36. The van der Waals surface area contributed by atoms with Gasteiger partial charge in [0, 0.05) is 13.1 Å². The molecule has 2 rings (SSSR count). The van der Waals surface area contributed by atoms with Crippen molar-refractivity contribution in [3.8, 4) is 11.5 Å². The second-order valence-corrected chi connectivity index (χ2v) is 4.99. The lowest BCUT2D eigenvalue weighted by Gasteiger charge is -2.15. The van der Waals surface area contributed by atoms with Crippen LogP contribution in [0, 0.1) is 5.92 Å². The van der Waals surface area contributed by atoms with Crippen molar-refractivity contribution in [3.05, 3.63) is 24.3 Å². The minimum Gasteiger partial charge on any atom is -0.492 e. The Hall–Kier alpha value is -1.96. The predicted octanol–water partition coefficient (Wildman–Crippen LogP) is 2.37. The maximum atomic E-state index is 12.0. The molecule has 1 atom stereocenters. The van der Waals surface area contributed by atoms with Crippen LogP contribution in [0.2, 0.25) is 0 Å². The predicted molar refractivity (Wildman–Crippen MR) is 70.8 cm³/mol. The molecule has 22 heavy (non-hydrogen) atoms. The lowest BCUT2D eigenvalue weighted by Crippen LogP contribution is -2.27. The molecule has 1 fully saturated rings. The first-order valence-electron chi connectivity index (χ1n) is 6.77. The van der Waals surface area contributed by atoms with Gasteiger partial charge in [-0.25, -0.2) is 0 Å². The molecule has 0 bridgehead atoms.